The molecule has 0 bridgehead atoms. The summed E-state index contributed by atoms with van der Waals surface area (Å²) in [7, 11) is 0. The molecule has 0 aliphatic carbocycles. The van der Waals surface area contributed by atoms with E-state index in [0.717, 1.165) is 6.42 Å². The molecule has 20 heavy (non-hydrogen) atoms. The average molecular weight is 281 g/mol. The molecule has 0 radical (unpaired) electrons. The molecule has 1 aliphatic heterocycles. The van der Waals surface area contributed by atoms with E-state index in [4.69, 9.17) is 10.9 Å². The second-order valence-electron chi connectivity index (χ2n) is 4.63. The fourth-order valence-corrected chi connectivity index (χ4v) is 2.42. The fourth-order valence-electron chi connectivity index (χ4n) is 2.42. The number of amides is 1. The normalized spacial score (nSPS) is 19.1. The highest BCUT2D eigenvalue weighted by molar-refractivity contribution is 5.92. The lowest BCUT2D eigenvalue weighted by molar-refractivity contribution is 0.0603. The van der Waals surface area contributed by atoms with Gasteiger partial charge in [-0.3, -0.25) is 9.69 Å². The third-order valence-corrected chi connectivity index (χ3v) is 3.52. The van der Waals surface area contributed by atoms with Gasteiger partial charge in [-0.05, 0) is 6.42 Å². The van der Waals surface area contributed by atoms with Crippen LogP contribution in [0.4, 0.5) is 0 Å². The molecule has 1 fully saturated rings. The Kier molecular flexibility index (Phi) is 4.51. The molecule has 1 amide bonds. The number of carbonyl (C=O) groups excluding carboxylic acids is 1. The van der Waals surface area contributed by atoms with Crippen LogP contribution in [-0.2, 0) is 0 Å². The Hall–Kier alpha value is -2.16. The van der Waals surface area contributed by atoms with E-state index in [1.807, 2.05) is 6.92 Å². The summed E-state index contributed by atoms with van der Waals surface area (Å²) in [5.74, 6) is 0.0824. The number of oxime groups is 1. The Bertz CT molecular complexity index is 465. The van der Waals surface area contributed by atoms with Crippen molar-refractivity contribution >= 4 is 11.7 Å². The summed E-state index contributed by atoms with van der Waals surface area (Å²) in [6.07, 6.45) is 2.17. The molecule has 1 aromatic heterocycles. The minimum absolute atomic E-state index is 0.0932. The molecule has 2 heterocycles. The Morgan fingerprint density at radius 3 is 2.75 bits per heavy atom. The molecule has 1 aliphatic rings. The number of aromatic amines is 1. The Morgan fingerprint density at radius 1 is 1.55 bits per heavy atom. The summed E-state index contributed by atoms with van der Waals surface area (Å²) < 4.78 is 0. The van der Waals surface area contributed by atoms with Crippen LogP contribution in [0.5, 0.6) is 0 Å². The van der Waals surface area contributed by atoms with E-state index in [1.165, 1.54) is 6.20 Å². The van der Waals surface area contributed by atoms with E-state index in [9.17, 15) is 4.79 Å². The SMILES string of the molecule is CCC(C(N)=NO)N1CCN(C(=O)c2cn[nH]n2)CC1. The third kappa shape index (κ3) is 2.87. The first kappa shape index (κ1) is 14.3. The summed E-state index contributed by atoms with van der Waals surface area (Å²) in [6.45, 7) is 4.51. The lowest BCUT2D eigenvalue weighted by atomic mass is 10.1. The number of carbonyl (C=O) groups is 1. The zero-order valence-corrected chi connectivity index (χ0v) is 11.4. The van der Waals surface area contributed by atoms with Crippen LogP contribution in [0.3, 0.4) is 0 Å². The van der Waals surface area contributed by atoms with Gasteiger partial charge in [-0.15, -0.1) is 0 Å². The van der Waals surface area contributed by atoms with Gasteiger partial charge < -0.3 is 15.8 Å². The van der Waals surface area contributed by atoms with Gasteiger partial charge in [0.15, 0.2) is 11.5 Å². The molecule has 1 atom stereocenters. The van der Waals surface area contributed by atoms with Crippen molar-refractivity contribution in [2.24, 2.45) is 10.9 Å². The summed E-state index contributed by atoms with van der Waals surface area (Å²) in [5.41, 5.74) is 6.01. The van der Waals surface area contributed by atoms with E-state index in [0.29, 0.717) is 31.9 Å². The van der Waals surface area contributed by atoms with Gasteiger partial charge in [0.2, 0.25) is 0 Å². The number of amidine groups is 1. The number of hydrogen-bond donors (Lipinski definition) is 3. The molecular weight excluding hydrogens is 262 g/mol. The van der Waals surface area contributed by atoms with Crippen molar-refractivity contribution < 1.29 is 10.0 Å². The van der Waals surface area contributed by atoms with Gasteiger partial charge in [0.1, 0.15) is 0 Å². The van der Waals surface area contributed by atoms with Crippen molar-refractivity contribution in [3.63, 3.8) is 0 Å². The maximum Gasteiger partial charge on any atom is 0.276 e. The van der Waals surface area contributed by atoms with Crippen molar-refractivity contribution in [3.05, 3.63) is 11.9 Å². The van der Waals surface area contributed by atoms with Crippen LogP contribution in [-0.4, -0.2) is 74.4 Å². The van der Waals surface area contributed by atoms with Crippen LogP contribution in [0.1, 0.15) is 23.8 Å². The van der Waals surface area contributed by atoms with E-state index in [2.05, 4.69) is 25.5 Å². The predicted octanol–water partition coefficient (Wildman–Crippen LogP) is -0.912. The molecular formula is C11H19N7O2. The van der Waals surface area contributed by atoms with Crippen LogP contribution in [0, 0.1) is 0 Å². The highest BCUT2D eigenvalue weighted by atomic mass is 16.4. The highest BCUT2D eigenvalue weighted by Crippen LogP contribution is 2.11. The molecule has 2 rings (SSSR count). The van der Waals surface area contributed by atoms with E-state index in [1.54, 1.807) is 4.90 Å². The molecule has 1 aromatic rings. The molecule has 9 nitrogen and oxygen atoms in total. The van der Waals surface area contributed by atoms with Gasteiger partial charge >= 0.3 is 0 Å². The first-order chi connectivity index (χ1) is 9.67. The minimum atomic E-state index is -0.129. The standard InChI is InChI=1S/C11H19N7O2/c1-2-9(10(12)15-20)17-3-5-18(6-4-17)11(19)8-7-13-16-14-8/h7,9,20H,2-6H2,1H3,(H2,12,15)(H,13,14,16). The van der Waals surface area contributed by atoms with Crippen LogP contribution in [0.15, 0.2) is 11.4 Å². The van der Waals surface area contributed by atoms with Gasteiger partial charge in [0.25, 0.3) is 5.91 Å². The number of nitrogens with zero attached hydrogens (tertiary/aromatic N) is 5. The molecule has 4 N–H and O–H groups in total. The number of aromatic nitrogens is 3. The van der Waals surface area contributed by atoms with Crippen LogP contribution in [0.2, 0.25) is 0 Å². The lowest BCUT2D eigenvalue weighted by Crippen LogP contribution is -2.55. The van der Waals surface area contributed by atoms with Crippen molar-refractivity contribution in [3.8, 4) is 0 Å². The Labute approximate surface area is 116 Å². The van der Waals surface area contributed by atoms with E-state index < -0.39 is 0 Å². The largest absolute Gasteiger partial charge is 0.409 e. The molecule has 0 spiro atoms. The van der Waals surface area contributed by atoms with Crippen LogP contribution >= 0.6 is 0 Å². The quantitative estimate of drug-likeness (QED) is 0.284. The number of nitrogens with two attached hydrogens (primary N) is 1. The predicted molar refractivity (Wildman–Crippen MR) is 71.3 cm³/mol. The van der Waals surface area contributed by atoms with E-state index >= 15 is 0 Å². The number of piperazine rings is 1. The molecule has 110 valence electrons. The summed E-state index contributed by atoms with van der Waals surface area (Å²) in [5, 5.41) is 21.7. The molecule has 0 saturated carbocycles. The maximum absolute atomic E-state index is 12.1. The number of H-pyrrole nitrogens is 1. The highest BCUT2D eigenvalue weighted by Gasteiger charge is 2.28. The van der Waals surface area contributed by atoms with Crippen molar-refractivity contribution in [1.29, 1.82) is 0 Å². The smallest absolute Gasteiger partial charge is 0.276 e. The second-order valence-corrected chi connectivity index (χ2v) is 4.63. The molecule has 0 aromatic carbocycles. The zero-order chi connectivity index (χ0) is 14.5. The summed E-state index contributed by atoms with van der Waals surface area (Å²) in [6, 6.07) is -0.0932. The third-order valence-electron chi connectivity index (χ3n) is 3.52. The summed E-state index contributed by atoms with van der Waals surface area (Å²) in [4.78, 5) is 15.9. The van der Waals surface area contributed by atoms with Gasteiger partial charge in [-0.1, -0.05) is 12.1 Å². The minimum Gasteiger partial charge on any atom is -0.409 e. The number of rotatable bonds is 4. The number of hydrogen-bond acceptors (Lipinski definition) is 6. The van der Waals surface area contributed by atoms with Crippen molar-refractivity contribution in [2.45, 2.75) is 19.4 Å². The molecule has 1 unspecified atom stereocenters. The maximum atomic E-state index is 12.1. The van der Waals surface area contributed by atoms with Gasteiger partial charge in [0.05, 0.1) is 12.2 Å². The first-order valence-electron chi connectivity index (χ1n) is 6.53. The first-order valence-corrected chi connectivity index (χ1v) is 6.53. The fraction of sp³-hybridized carbons (Fsp3) is 0.636. The second kappa shape index (κ2) is 6.33. The molecule has 9 heteroatoms. The van der Waals surface area contributed by atoms with Gasteiger partial charge in [-0.2, -0.15) is 15.4 Å². The summed E-state index contributed by atoms with van der Waals surface area (Å²) >= 11 is 0. The monoisotopic (exact) mass is 281 g/mol. The van der Waals surface area contributed by atoms with Crippen LogP contribution < -0.4 is 5.73 Å². The zero-order valence-electron chi connectivity index (χ0n) is 11.4. The Balaban J connectivity index is 1.94. The number of nitrogens with one attached hydrogen (secondary N) is 1. The van der Waals surface area contributed by atoms with Crippen LogP contribution in [0.25, 0.3) is 0 Å². The van der Waals surface area contributed by atoms with E-state index in [-0.39, 0.29) is 17.8 Å². The van der Waals surface area contributed by atoms with Crippen molar-refractivity contribution in [2.75, 3.05) is 26.2 Å². The topological polar surface area (TPSA) is 124 Å². The van der Waals surface area contributed by atoms with Gasteiger partial charge in [-0.25, -0.2) is 0 Å². The molecule has 1 saturated heterocycles. The van der Waals surface area contributed by atoms with Gasteiger partial charge in [0, 0.05) is 26.2 Å². The average Bonchev–Trinajstić information content (AvgIpc) is 3.02. The van der Waals surface area contributed by atoms with Crippen molar-refractivity contribution in [1.82, 2.24) is 25.2 Å². The lowest BCUT2D eigenvalue weighted by Gasteiger charge is -2.38. The Morgan fingerprint density at radius 2 is 2.25 bits per heavy atom.